The van der Waals surface area contributed by atoms with Crippen LogP contribution in [0.25, 0.3) is 0 Å². The Labute approximate surface area is 99.5 Å². The average molecular weight is 251 g/mol. The maximum Gasteiger partial charge on any atom is 0.107 e. The minimum absolute atomic E-state index is 0.000355. The first kappa shape index (κ1) is 13.3. The normalized spacial score (nSPS) is 31.5. The smallest absolute Gasteiger partial charge is 0.107 e. The fourth-order valence-electron chi connectivity index (χ4n) is 1.53. The summed E-state index contributed by atoms with van der Waals surface area (Å²) in [7, 11) is 0. The molecule has 1 N–H and O–H groups in total. The molecule has 1 saturated heterocycles. The Bertz CT molecular complexity index is 194. The van der Waals surface area contributed by atoms with Crippen LogP contribution in [-0.4, -0.2) is 40.8 Å². The molecule has 1 aliphatic rings. The van der Waals surface area contributed by atoms with Crippen molar-refractivity contribution in [1.29, 1.82) is 0 Å². The lowest BCUT2D eigenvalue weighted by molar-refractivity contribution is -0.0539. The van der Waals surface area contributed by atoms with E-state index >= 15 is 0 Å². The Morgan fingerprint density at radius 3 is 3.00 bits per heavy atom. The number of thiol groups is 1. The summed E-state index contributed by atoms with van der Waals surface area (Å²) < 4.78 is 5.63. The molecule has 1 aliphatic heterocycles. The minimum atomic E-state index is -0.362. The second-order valence-corrected chi connectivity index (χ2v) is 5.29. The van der Waals surface area contributed by atoms with Crippen LogP contribution in [0.4, 0.5) is 0 Å². The van der Waals surface area contributed by atoms with Crippen molar-refractivity contribution in [3.8, 4) is 0 Å². The van der Waals surface area contributed by atoms with E-state index in [0.717, 1.165) is 17.9 Å². The Morgan fingerprint density at radius 2 is 2.33 bits per heavy atom. The summed E-state index contributed by atoms with van der Waals surface area (Å²) in [5, 5.41) is 12.4. The van der Waals surface area contributed by atoms with Crippen LogP contribution < -0.4 is 0 Å². The van der Waals surface area contributed by atoms with Crippen molar-refractivity contribution in [3.05, 3.63) is 4.91 Å². The summed E-state index contributed by atoms with van der Waals surface area (Å²) in [6, 6.07) is 0. The quantitative estimate of drug-likeness (QED) is 0.428. The number of nitroso groups, excluding NO2 is 1. The zero-order valence-corrected chi connectivity index (χ0v) is 10.3. The standard InChI is InChI=1S/C9H17NO3S2/c11-7-4-8(6-10-12)13-9(5-7)15-3-1-2-14/h7-9,11,14H,1-6H2. The lowest BCUT2D eigenvalue weighted by Gasteiger charge is -2.31. The topological polar surface area (TPSA) is 58.9 Å². The molecule has 4 nitrogen and oxygen atoms in total. The molecular weight excluding hydrogens is 234 g/mol. The van der Waals surface area contributed by atoms with Gasteiger partial charge in [0.1, 0.15) is 12.0 Å². The molecule has 3 atom stereocenters. The molecule has 0 aromatic carbocycles. The number of aliphatic hydroxyl groups excluding tert-OH is 1. The maximum absolute atomic E-state index is 10.1. The van der Waals surface area contributed by atoms with Crippen LogP contribution in [-0.2, 0) is 4.74 Å². The van der Waals surface area contributed by atoms with E-state index in [0.29, 0.717) is 12.8 Å². The van der Waals surface area contributed by atoms with Gasteiger partial charge in [0.25, 0.3) is 0 Å². The first-order valence-corrected chi connectivity index (χ1v) is 6.79. The van der Waals surface area contributed by atoms with Crippen molar-refractivity contribution >= 4 is 24.4 Å². The van der Waals surface area contributed by atoms with Gasteiger partial charge in [0.2, 0.25) is 0 Å². The molecule has 88 valence electrons. The summed E-state index contributed by atoms with van der Waals surface area (Å²) in [5.74, 6) is 1.84. The van der Waals surface area contributed by atoms with E-state index in [2.05, 4.69) is 17.8 Å². The zero-order chi connectivity index (χ0) is 11.1. The van der Waals surface area contributed by atoms with E-state index in [-0.39, 0.29) is 24.2 Å². The second-order valence-electron chi connectivity index (χ2n) is 3.57. The molecule has 6 heteroatoms. The molecule has 0 bridgehead atoms. The van der Waals surface area contributed by atoms with E-state index in [9.17, 15) is 10.0 Å². The number of hydrogen-bond donors (Lipinski definition) is 2. The predicted octanol–water partition coefficient (Wildman–Crippen LogP) is 1.67. The van der Waals surface area contributed by atoms with Gasteiger partial charge in [0, 0.05) is 12.8 Å². The molecule has 1 rings (SSSR count). The first-order chi connectivity index (χ1) is 7.26. The van der Waals surface area contributed by atoms with Crippen LogP contribution in [0.3, 0.4) is 0 Å². The fourth-order valence-corrected chi connectivity index (χ4v) is 3.07. The molecule has 0 aromatic heterocycles. The van der Waals surface area contributed by atoms with Crippen LogP contribution in [0.1, 0.15) is 19.3 Å². The van der Waals surface area contributed by atoms with Crippen LogP contribution >= 0.6 is 24.4 Å². The minimum Gasteiger partial charge on any atom is -0.393 e. The maximum atomic E-state index is 10.1. The highest BCUT2D eigenvalue weighted by atomic mass is 32.2. The fraction of sp³-hybridized carbons (Fsp3) is 1.00. The largest absolute Gasteiger partial charge is 0.393 e. The number of aliphatic hydroxyl groups is 1. The van der Waals surface area contributed by atoms with Crippen molar-refractivity contribution in [2.75, 3.05) is 18.1 Å². The van der Waals surface area contributed by atoms with Gasteiger partial charge in [0.05, 0.1) is 12.2 Å². The highest BCUT2D eigenvalue weighted by Gasteiger charge is 2.28. The number of ether oxygens (including phenoxy) is 1. The number of rotatable bonds is 6. The molecule has 0 aliphatic carbocycles. The third-order valence-corrected chi connectivity index (χ3v) is 3.74. The van der Waals surface area contributed by atoms with Gasteiger partial charge in [-0.15, -0.1) is 11.8 Å². The molecule has 0 aromatic rings. The summed E-state index contributed by atoms with van der Waals surface area (Å²) in [6.45, 7) is 0.140. The van der Waals surface area contributed by atoms with Crippen LogP contribution in [0.2, 0.25) is 0 Å². The molecule has 0 radical (unpaired) electrons. The molecule has 3 unspecified atom stereocenters. The van der Waals surface area contributed by atoms with E-state index in [1.165, 1.54) is 0 Å². The molecule has 0 spiro atoms. The predicted molar refractivity (Wildman–Crippen MR) is 65.5 cm³/mol. The van der Waals surface area contributed by atoms with Crippen molar-refractivity contribution in [1.82, 2.24) is 0 Å². The summed E-state index contributed by atoms with van der Waals surface area (Å²) >= 11 is 5.81. The first-order valence-electron chi connectivity index (χ1n) is 5.11. The molecule has 15 heavy (non-hydrogen) atoms. The summed E-state index contributed by atoms with van der Waals surface area (Å²) in [6.07, 6.45) is 1.63. The third kappa shape index (κ3) is 5.19. The van der Waals surface area contributed by atoms with Crippen molar-refractivity contribution in [2.24, 2.45) is 5.18 Å². The van der Waals surface area contributed by atoms with E-state index in [1.54, 1.807) is 11.8 Å². The highest BCUT2D eigenvalue weighted by molar-refractivity contribution is 7.99. The van der Waals surface area contributed by atoms with Gasteiger partial charge in [-0.25, -0.2) is 0 Å². The lowest BCUT2D eigenvalue weighted by atomic mass is 10.1. The van der Waals surface area contributed by atoms with Crippen LogP contribution in [0.5, 0.6) is 0 Å². The zero-order valence-electron chi connectivity index (χ0n) is 8.54. The molecule has 1 heterocycles. The van der Waals surface area contributed by atoms with Gasteiger partial charge in [-0.3, -0.25) is 0 Å². The number of nitrogens with zero attached hydrogens (tertiary/aromatic N) is 1. The van der Waals surface area contributed by atoms with Gasteiger partial charge < -0.3 is 9.84 Å². The molecule has 0 amide bonds. The van der Waals surface area contributed by atoms with Gasteiger partial charge in [-0.05, 0) is 17.9 Å². The van der Waals surface area contributed by atoms with E-state index in [1.807, 2.05) is 0 Å². The van der Waals surface area contributed by atoms with Gasteiger partial charge in [-0.2, -0.15) is 17.5 Å². The lowest BCUT2D eigenvalue weighted by Crippen LogP contribution is -2.35. The van der Waals surface area contributed by atoms with Crippen molar-refractivity contribution in [3.63, 3.8) is 0 Å². The average Bonchev–Trinajstić information content (AvgIpc) is 2.18. The summed E-state index contributed by atoms with van der Waals surface area (Å²) in [5.41, 5.74) is 0.000355. The van der Waals surface area contributed by atoms with Gasteiger partial charge in [0.15, 0.2) is 0 Å². The Kier molecular flexibility index (Phi) is 6.63. The van der Waals surface area contributed by atoms with Crippen molar-refractivity contribution < 1.29 is 9.84 Å². The molecule has 0 saturated carbocycles. The molecule has 1 fully saturated rings. The molecular formula is C9H17NO3S2. The van der Waals surface area contributed by atoms with E-state index in [4.69, 9.17) is 4.74 Å². The third-order valence-electron chi connectivity index (χ3n) is 2.23. The Balaban J connectivity index is 2.27. The van der Waals surface area contributed by atoms with Gasteiger partial charge in [-0.1, -0.05) is 5.18 Å². The highest BCUT2D eigenvalue weighted by Crippen LogP contribution is 2.28. The SMILES string of the molecule is O=NCC1CC(O)CC(SCCCS)O1. The van der Waals surface area contributed by atoms with Crippen molar-refractivity contribution in [2.45, 2.75) is 36.9 Å². The summed E-state index contributed by atoms with van der Waals surface area (Å²) in [4.78, 5) is 10.1. The van der Waals surface area contributed by atoms with E-state index < -0.39 is 0 Å². The monoisotopic (exact) mass is 251 g/mol. The van der Waals surface area contributed by atoms with Crippen LogP contribution in [0.15, 0.2) is 5.18 Å². The Hall–Kier alpha value is 0.220. The van der Waals surface area contributed by atoms with Gasteiger partial charge >= 0.3 is 0 Å². The number of hydrogen-bond acceptors (Lipinski definition) is 6. The van der Waals surface area contributed by atoms with Crippen LogP contribution in [0, 0.1) is 4.91 Å². The Morgan fingerprint density at radius 1 is 1.53 bits per heavy atom. The number of thioether (sulfide) groups is 1. The second kappa shape index (κ2) is 7.49.